The average Bonchev–Trinajstić information content (AvgIpc) is 2.53. The molecule has 0 unspecified atom stereocenters. The highest BCUT2D eigenvalue weighted by atomic mass is 32.2. The number of aromatic nitrogens is 2. The van der Waals surface area contributed by atoms with Gasteiger partial charge in [-0.3, -0.25) is 0 Å². The number of benzene rings is 1. The molecule has 0 amide bonds. The van der Waals surface area contributed by atoms with E-state index in [1.807, 2.05) is 30.5 Å². The summed E-state index contributed by atoms with van der Waals surface area (Å²) in [5.41, 5.74) is 1.17. The van der Waals surface area contributed by atoms with Crippen LogP contribution in [0.3, 0.4) is 0 Å². The first-order chi connectivity index (χ1) is 10.3. The van der Waals surface area contributed by atoms with Crippen molar-refractivity contribution in [3.63, 3.8) is 0 Å². The Bertz CT molecular complexity index is 589. The Morgan fingerprint density at radius 2 is 2.00 bits per heavy atom. The molecule has 0 aliphatic rings. The minimum Gasteiger partial charge on any atom is -0.439 e. The fourth-order valence-electron chi connectivity index (χ4n) is 1.90. The van der Waals surface area contributed by atoms with Crippen molar-refractivity contribution in [3.8, 4) is 11.6 Å². The van der Waals surface area contributed by atoms with Crippen molar-refractivity contribution in [3.05, 3.63) is 35.9 Å². The number of aryl methyl sites for hydroxylation is 1. The molecule has 0 aliphatic carbocycles. The molecule has 0 saturated carbocycles. The van der Waals surface area contributed by atoms with Crippen LogP contribution in [-0.2, 0) is 6.42 Å². The maximum absolute atomic E-state index is 5.96. The van der Waals surface area contributed by atoms with E-state index in [1.54, 1.807) is 0 Å². The monoisotopic (exact) mass is 303 g/mol. The summed E-state index contributed by atoms with van der Waals surface area (Å²) in [6.45, 7) is 5.12. The summed E-state index contributed by atoms with van der Waals surface area (Å²) in [5.74, 6) is 2.24. The van der Waals surface area contributed by atoms with Gasteiger partial charge >= 0.3 is 0 Å². The highest BCUT2D eigenvalue weighted by Crippen LogP contribution is 2.27. The van der Waals surface area contributed by atoms with Crippen LogP contribution >= 0.6 is 11.8 Å². The molecule has 0 saturated heterocycles. The van der Waals surface area contributed by atoms with Gasteiger partial charge in [0.05, 0.1) is 0 Å². The number of thioether (sulfide) groups is 1. The molecule has 0 spiro atoms. The second kappa shape index (κ2) is 7.88. The van der Waals surface area contributed by atoms with Gasteiger partial charge in [-0.15, -0.1) is 0 Å². The van der Waals surface area contributed by atoms with Crippen molar-refractivity contribution in [2.75, 3.05) is 18.1 Å². The lowest BCUT2D eigenvalue weighted by atomic mass is 10.1. The van der Waals surface area contributed by atoms with E-state index in [9.17, 15) is 0 Å². The average molecular weight is 303 g/mol. The molecule has 0 radical (unpaired) electrons. The zero-order valence-electron chi connectivity index (χ0n) is 12.7. The van der Waals surface area contributed by atoms with Gasteiger partial charge in [0, 0.05) is 12.6 Å². The van der Waals surface area contributed by atoms with Crippen molar-refractivity contribution < 1.29 is 4.74 Å². The van der Waals surface area contributed by atoms with E-state index in [-0.39, 0.29) is 0 Å². The van der Waals surface area contributed by atoms with Crippen LogP contribution in [0.25, 0.3) is 0 Å². The van der Waals surface area contributed by atoms with E-state index >= 15 is 0 Å². The number of anilines is 1. The number of hydrogen-bond acceptors (Lipinski definition) is 5. The van der Waals surface area contributed by atoms with Crippen molar-refractivity contribution in [1.29, 1.82) is 0 Å². The number of nitrogens with zero attached hydrogens (tertiary/aromatic N) is 2. The number of rotatable bonds is 7. The van der Waals surface area contributed by atoms with Crippen molar-refractivity contribution in [1.82, 2.24) is 9.97 Å². The van der Waals surface area contributed by atoms with E-state index in [0.717, 1.165) is 31.0 Å². The van der Waals surface area contributed by atoms with Crippen LogP contribution in [0.1, 0.15) is 25.8 Å². The van der Waals surface area contributed by atoms with Gasteiger partial charge in [0.1, 0.15) is 11.6 Å². The second-order valence-electron chi connectivity index (χ2n) is 4.57. The predicted molar refractivity (Wildman–Crippen MR) is 88.5 cm³/mol. The quantitative estimate of drug-likeness (QED) is 0.607. The molecule has 0 bridgehead atoms. The lowest BCUT2D eigenvalue weighted by molar-refractivity contribution is 0.451. The van der Waals surface area contributed by atoms with Crippen molar-refractivity contribution in [2.45, 2.75) is 31.8 Å². The Kier molecular flexibility index (Phi) is 5.87. The van der Waals surface area contributed by atoms with Crippen LogP contribution in [0.4, 0.5) is 5.82 Å². The smallest absolute Gasteiger partial charge is 0.225 e. The Labute approximate surface area is 130 Å². The Morgan fingerprint density at radius 1 is 1.19 bits per heavy atom. The molecule has 1 aromatic heterocycles. The van der Waals surface area contributed by atoms with E-state index in [2.05, 4.69) is 35.2 Å². The molecule has 1 aromatic carbocycles. The highest BCUT2D eigenvalue weighted by Gasteiger charge is 2.08. The van der Waals surface area contributed by atoms with Gasteiger partial charge in [-0.1, -0.05) is 43.8 Å². The number of nitrogens with one attached hydrogen (secondary N) is 1. The van der Waals surface area contributed by atoms with Crippen molar-refractivity contribution in [2.24, 2.45) is 0 Å². The summed E-state index contributed by atoms with van der Waals surface area (Å²) in [5, 5.41) is 3.99. The SMILES string of the molecule is CCCNc1cc(Oc2ccccc2CC)nc(SC)n1. The number of para-hydroxylation sites is 1. The van der Waals surface area contributed by atoms with Gasteiger partial charge < -0.3 is 10.1 Å². The van der Waals surface area contributed by atoms with Gasteiger partial charge in [0.2, 0.25) is 5.88 Å². The molecule has 0 atom stereocenters. The molecule has 21 heavy (non-hydrogen) atoms. The van der Waals surface area contributed by atoms with Crippen LogP contribution < -0.4 is 10.1 Å². The molecule has 1 heterocycles. The molecule has 112 valence electrons. The largest absolute Gasteiger partial charge is 0.439 e. The van der Waals surface area contributed by atoms with E-state index in [4.69, 9.17) is 4.74 Å². The first-order valence-electron chi connectivity index (χ1n) is 7.19. The third-order valence-electron chi connectivity index (χ3n) is 2.99. The maximum Gasteiger partial charge on any atom is 0.225 e. The summed E-state index contributed by atoms with van der Waals surface area (Å²) < 4.78 is 5.96. The van der Waals surface area contributed by atoms with E-state index < -0.39 is 0 Å². The minimum absolute atomic E-state index is 0.578. The van der Waals surface area contributed by atoms with E-state index in [0.29, 0.717) is 11.0 Å². The van der Waals surface area contributed by atoms with Crippen LogP contribution in [0, 0.1) is 0 Å². The van der Waals surface area contributed by atoms with Gasteiger partial charge in [-0.2, -0.15) is 4.98 Å². The maximum atomic E-state index is 5.96. The predicted octanol–water partition coefficient (Wildman–Crippen LogP) is 4.38. The Hall–Kier alpha value is -1.75. The fourth-order valence-corrected chi connectivity index (χ4v) is 2.27. The molecule has 1 N–H and O–H groups in total. The summed E-state index contributed by atoms with van der Waals surface area (Å²) in [7, 11) is 0. The highest BCUT2D eigenvalue weighted by molar-refractivity contribution is 7.98. The molecule has 5 heteroatoms. The van der Waals surface area contributed by atoms with Gasteiger partial charge in [0.25, 0.3) is 0 Å². The molecule has 4 nitrogen and oxygen atoms in total. The standard InChI is InChI=1S/C16H21N3OS/c1-4-10-17-14-11-15(19-16(18-14)21-3)20-13-9-7-6-8-12(13)5-2/h6-9,11H,4-5,10H2,1-3H3,(H,17,18,19). The lowest BCUT2D eigenvalue weighted by Crippen LogP contribution is -2.04. The summed E-state index contributed by atoms with van der Waals surface area (Å²) in [6, 6.07) is 9.89. The van der Waals surface area contributed by atoms with Gasteiger partial charge in [-0.25, -0.2) is 4.98 Å². The lowest BCUT2D eigenvalue weighted by Gasteiger charge is -2.11. The van der Waals surface area contributed by atoms with Crippen LogP contribution in [0.2, 0.25) is 0 Å². The molecule has 2 rings (SSSR count). The Balaban J connectivity index is 2.25. The molecule has 0 aliphatic heterocycles. The third kappa shape index (κ3) is 4.36. The molecule has 2 aromatic rings. The van der Waals surface area contributed by atoms with Crippen LogP contribution in [-0.4, -0.2) is 22.8 Å². The van der Waals surface area contributed by atoms with Crippen LogP contribution in [0.15, 0.2) is 35.5 Å². The zero-order valence-corrected chi connectivity index (χ0v) is 13.5. The van der Waals surface area contributed by atoms with Gasteiger partial charge in [0.15, 0.2) is 5.16 Å². The van der Waals surface area contributed by atoms with E-state index in [1.165, 1.54) is 17.3 Å². The third-order valence-corrected chi connectivity index (χ3v) is 3.54. The number of ether oxygens (including phenoxy) is 1. The summed E-state index contributed by atoms with van der Waals surface area (Å²) >= 11 is 1.51. The first-order valence-corrected chi connectivity index (χ1v) is 8.42. The van der Waals surface area contributed by atoms with Crippen molar-refractivity contribution >= 4 is 17.6 Å². The molecule has 0 fully saturated rings. The summed E-state index contributed by atoms with van der Waals surface area (Å²) in [6.07, 6.45) is 3.94. The van der Waals surface area contributed by atoms with Gasteiger partial charge in [-0.05, 0) is 30.7 Å². The molecular weight excluding hydrogens is 282 g/mol. The topological polar surface area (TPSA) is 47.0 Å². The van der Waals surface area contributed by atoms with Crippen LogP contribution in [0.5, 0.6) is 11.6 Å². The summed E-state index contributed by atoms with van der Waals surface area (Å²) in [4.78, 5) is 8.85. The molecular formula is C16H21N3OS. The fraction of sp³-hybridized carbons (Fsp3) is 0.375. The first kappa shape index (κ1) is 15.6. The number of hydrogen-bond donors (Lipinski definition) is 1. The minimum atomic E-state index is 0.578. The zero-order chi connectivity index (χ0) is 15.1. The second-order valence-corrected chi connectivity index (χ2v) is 5.34. The normalized spacial score (nSPS) is 10.4. The Morgan fingerprint density at radius 3 is 2.71 bits per heavy atom.